The van der Waals surface area contributed by atoms with Crippen LogP contribution < -0.4 is 0 Å². The molecule has 0 aliphatic rings. The van der Waals surface area contributed by atoms with Crippen LogP contribution >= 0.6 is 11.3 Å². The van der Waals surface area contributed by atoms with E-state index in [0.29, 0.717) is 0 Å². The van der Waals surface area contributed by atoms with Crippen LogP contribution in [-0.2, 0) is 5.41 Å². The Morgan fingerprint density at radius 1 is 0.739 bits per heavy atom. The lowest BCUT2D eigenvalue weighted by Gasteiger charge is -2.20. The van der Waals surface area contributed by atoms with Crippen LogP contribution in [0.3, 0.4) is 0 Å². The van der Waals surface area contributed by atoms with Crippen molar-refractivity contribution in [2.45, 2.75) is 26.2 Å². The molecule has 3 aromatic carbocycles. The summed E-state index contributed by atoms with van der Waals surface area (Å²) < 4.78 is 2.73. The molecule has 0 saturated carbocycles. The van der Waals surface area contributed by atoms with E-state index in [0.717, 1.165) is 0 Å². The predicted molar refractivity (Wildman–Crippen MR) is 103 cm³/mol. The molecule has 4 aromatic rings. The maximum absolute atomic E-state index is 2.35. The number of hydrogen-bond acceptors (Lipinski definition) is 1. The van der Waals surface area contributed by atoms with Crippen LogP contribution in [0.5, 0.6) is 0 Å². The lowest BCUT2D eigenvalue weighted by Crippen LogP contribution is -2.10. The fraction of sp³-hybridized carbons (Fsp3) is 0.182. The van der Waals surface area contributed by atoms with Crippen LogP contribution in [0.1, 0.15) is 26.3 Å². The second kappa shape index (κ2) is 5.21. The largest absolute Gasteiger partial charge is 0.135 e. The molecule has 0 amide bonds. The quantitative estimate of drug-likeness (QED) is 0.354. The molecule has 0 atom stereocenters. The van der Waals surface area contributed by atoms with Gasteiger partial charge in [-0.25, -0.2) is 0 Å². The Morgan fingerprint density at radius 3 is 2.30 bits per heavy atom. The average molecular weight is 316 g/mol. The molecule has 23 heavy (non-hydrogen) atoms. The monoisotopic (exact) mass is 316 g/mol. The first-order valence-electron chi connectivity index (χ1n) is 8.05. The van der Waals surface area contributed by atoms with Crippen molar-refractivity contribution in [3.05, 3.63) is 72.3 Å². The molecular weight excluding hydrogens is 296 g/mol. The molecule has 0 unspecified atom stereocenters. The Balaban J connectivity index is 2.03. The third-order valence-electron chi connectivity index (χ3n) is 4.44. The Kier molecular flexibility index (Phi) is 3.28. The van der Waals surface area contributed by atoms with Gasteiger partial charge >= 0.3 is 0 Å². The van der Waals surface area contributed by atoms with Crippen LogP contribution in [0.2, 0.25) is 0 Å². The van der Waals surface area contributed by atoms with E-state index in [9.17, 15) is 0 Å². The van der Waals surface area contributed by atoms with Crippen molar-refractivity contribution in [2.75, 3.05) is 0 Å². The zero-order chi connectivity index (χ0) is 16.0. The first-order valence-corrected chi connectivity index (χ1v) is 8.87. The molecule has 0 aliphatic heterocycles. The van der Waals surface area contributed by atoms with Crippen molar-refractivity contribution >= 4 is 31.5 Å². The van der Waals surface area contributed by atoms with Crippen molar-refractivity contribution < 1.29 is 0 Å². The molecule has 0 bridgehead atoms. The summed E-state index contributed by atoms with van der Waals surface area (Å²) >= 11 is 1.88. The van der Waals surface area contributed by atoms with Gasteiger partial charge in [0.15, 0.2) is 0 Å². The summed E-state index contributed by atoms with van der Waals surface area (Å²) in [6.45, 7) is 6.81. The summed E-state index contributed by atoms with van der Waals surface area (Å²) in [4.78, 5) is 0. The van der Waals surface area contributed by atoms with E-state index in [1.165, 1.54) is 36.9 Å². The van der Waals surface area contributed by atoms with Crippen molar-refractivity contribution in [3.8, 4) is 11.1 Å². The van der Waals surface area contributed by atoms with E-state index in [1.807, 2.05) is 11.3 Å². The minimum absolute atomic E-state index is 0.167. The van der Waals surface area contributed by atoms with Crippen LogP contribution in [0.15, 0.2) is 66.7 Å². The van der Waals surface area contributed by atoms with Crippen LogP contribution in [-0.4, -0.2) is 0 Å². The number of thiophene rings is 1. The highest BCUT2D eigenvalue weighted by Crippen LogP contribution is 2.40. The Morgan fingerprint density at radius 2 is 1.48 bits per heavy atom. The molecule has 0 N–H and O–H groups in total. The van der Waals surface area contributed by atoms with E-state index in [4.69, 9.17) is 0 Å². The van der Waals surface area contributed by atoms with Gasteiger partial charge in [0.25, 0.3) is 0 Å². The van der Waals surface area contributed by atoms with Crippen molar-refractivity contribution in [3.63, 3.8) is 0 Å². The standard InChI is InChI=1S/C22H20S/c1-22(2,3)16-9-6-8-15(14-16)17-11-7-13-20-21(17)18-10-4-5-12-19(18)23-20/h4-14H,1-3H3. The molecule has 0 spiro atoms. The van der Waals surface area contributed by atoms with Gasteiger partial charge in [0, 0.05) is 20.2 Å². The molecule has 114 valence electrons. The van der Waals surface area contributed by atoms with Crippen molar-refractivity contribution in [1.29, 1.82) is 0 Å². The fourth-order valence-electron chi connectivity index (χ4n) is 3.17. The minimum Gasteiger partial charge on any atom is -0.135 e. The minimum atomic E-state index is 0.167. The van der Waals surface area contributed by atoms with Gasteiger partial charge in [-0.3, -0.25) is 0 Å². The first-order chi connectivity index (χ1) is 11.0. The molecule has 0 nitrogen and oxygen atoms in total. The number of fused-ring (bicyclic) bond motifs is 3. The van der Waals surface area contributed by atoms with Gasteiger partial charge in [-0.2, -0.15) is 0 Å². The number of benzene rings is 3. The Labute approximate surface area is 141 Å². The zero-order valence-electron chi connectivity index (χ0n) is 13.8. The molecule has 0 fully saturated rings. The average Bonchev–Trinajstić information content (AvgIpc) is 2.93. The summed E-state index contributed by atoms with van der Waals surface area (Å²) in [5.41, 5.74) is 4.20. The van der Waals surface area contributed by atoms with E-state index in [-0.39, 0.29) is 5.41 Å². The summed E-state index contributed by atoms with van der Waals surface area (Å²) in [6, 6.07) is 24.4. The second-order valence-electron chi connectivity index (χ2n) is 7.11. The van der Waals surface area contributed by atoms with Gasteiger partial charge in [0.05, 0.1) is 0 Å². The summed E-state index contributed by atoms with van der Waals surface area (Å²) in [6.07, 6.45) is 0. The van der Waals surface area contributed by atoms with Gasteiger partial charge in [0.1, 0.15) is 0 Å². The highest BCUT2D eigenvalue weighted by molar-refractivity contribution is 7.25. The zero-order valence-corrected chi connectivity index (χ0v) is 14.6. The topological polar surface area (TPSA) is 0 Å². The molecule has 1 heteroatoms. The highest BCUT2D eigenvalue weighted by Gasteiger charge is 2.15. The lowest BCUT2D eigenvalue weighted by atomic mass is 9.85. The van der Waals surface area contributed by atoms with Crippen LogP contribution in [0.4, 0.5) is 0 Å². The second-order valence-corrected chi connectivity index (χ2v) is 8.19. The maximum atomic E-state index is 2.35. The SMILES string of the molecule is CC(C)(C)c1cccc(-c2cccc3sc4ccccc4c23)c1. The van der Waals surface area contributed by atoms with Crippen LogP contribution in [0.25, 0.3) is 31.3 Å². The smallest absolute Gasteiger partial charge is 0.0361 e. The Hall–Kier alpha value is -2.12. The summed E-state index contributed by atoms with van der Waals surface area (Å²) in [5, 5.41) is 2.75. The van der Waals surface area contributed by atoms with Crippen molar-refractivity contribution in [2.24, 2.45) is 0 Å². The van der Waals surface area contributed by atoms with Crippen molar-refractivity contribution in [1.82, 2.24) is 0 Å². The number of rotatable bonds is 1. The molecule has 0 saturated heterocycles. The molecule has 1 aromatic heterocycles. The molecule has 1 heterocycles. The predicted octanol–water partition coefficient (Wildman–Crippen LogP) is 7.02. The van der Waals surface area contributed by atoms with Gasteiger partial charge in [0.2, 0.25) is 0 Å². The molecule has 0 radical (unpaired) electrons. The van der Waals surface area contributed by atoms with Crippen LogP contribution in [0, 0.1) is 0 Å². The fourth-order valence-corrected chi connectivity index (χ4v) is 4.30. The molecular formula is C22H20S. The van der Waals surface area contributed by atoms with Gasteiger partial charge < -0.3 is 0 Å². The summed E-state index contributed by atoms with van der Waals surface area (Å²) in [5.74, 6) is 0. The lowest BCUT2D eigenvalue weighted by molar-refractivity contribution is 0.590. The van der Waals surface area contributed by atoms with E-state index < -0.39 is 0 Å². The Bertz CT molecular complexity index is 999. The number of hydrogen-bond donors (Lipinski definition) is 0. The van der Waals surface area contributed by atoms with Gasteiger partial charge in [-0.1, -0.05) is 75.4 Å². The summed E-state index contributed by atoms with van der Waals surface area (Å²) in [7, 11) is 0. The van der Waals surface area contributed by atoms with Gasteiger partial charge in [-0.15, -0.1) is 11.3 Å². The molecule has 4 rings (SSSR count). The van der Waals surface area contributed by atoms with E-state index in [2.05, 4.69) is 87.5 Å². The maximum Gasteiger partial charge on any atom is 0.0361 e. The third kappa shape index (κ3) is 2.46. The first kappa shape index (κ1) is 14.5. The highest BCUT2D eigenvalue weighted by atomic mass is 32.1. The third-order valence-corrected chi connectivity index (χ3v) is 5.58. The normalized spacial score (nSPS) is 12.1. The molecule has 0 aliphatic carbocycles. The van der Waals surface area contributed by atoms with Gasteiger partial charge in [-0.05, 0) is 34.2 Å². The van der Waals surface area contributed by atoms with E-state index >= 15 is 0 Å². The van der Waals surface area contributed by atoms with E-state index in [1.54, 1.807) is 0 Å².